The van der Waals surface area contributed by atoms with Gasteiger partial charge in [-0.05, 0) is 18.4 Å². The van der Waals surface area contributed by atoms with Crippen LogP contribution in [0.5, 0.6) is 0 Å². The van der Waals surface area contributed by atoms with Gasteiger partial charge in [0.05, 0.1) is 5.39 Å². The van der Waals surface area contributed by atoms with Crippen molar-refractivity contribution in [3.63, 3.8) is 0 Å². The van der Waals surface area contributed by atoms with Crippen molar-refractivity contribution in [3.05, 3.63) is 32.7 Å². The molecule has 3 rings (SSSR count). The summed E-state index contributed by atoms with van der Waals surface area (Å²) in [6.07, 6.45) is 1.03. The average Bonchev–Trinajstić information content (AvgIpc) is 2.93. The van der Waals surface area contributed by atoms with Crippen molar-refractivity contribution < 1.29 is 8.42 Å². The minimum atomic E-state index is -3.53. The van der Waals surface area contributed by atoms with E-state index in [2.05, 4.69) is 9.97 Å². The first-order chi connectivity index (χ1) is 9.38. The van der Waals surface area contributed by atoms with E-state index in [9.17, 15) is 13.2 Å². The Balaban J connectivity index is 2.42. The molecule has 20 heavy (non-hydrogen) atoms. The second-order valence-corrected chi connectivity index (χ2v) is 8.42. The summed E-state index contributed by atoms with van der Waals surface area (Å²) in [5.41, 5.74) is 0.428. The number of hydrogen-bond donors (Lipinski definition) is 1. The van der Waals surface area contributed by atoms with E-state index in [1.54, 1.807) is 0 Å². The van der Waals surface area contributed by atoms with Crippen molar-refractivity contribution in [2.45, 2.75) is 12.1 Å². The summed E-state index contributed by atoms with van der Waals surface area (Å²) in [6.45, 7) is 1.90. The maximum Gasteiger partial charge on any atom is 0.261 e. The lowest BCUT2D eigenvalue weighted by Crippen LogP contribution is -2.14. The number of aromatic amines is 1. The Hall–Kier alpha value is -1.51. The summed E-state index contributed by atoms with van der Waals surface area (Å²) in [7, 11) is -3.53. The van der Waals surface area contributed by atoms with E-state index in [0.29, 0.717) is 10.2 Å². The first-order valence-electron chi connectivity index (χ1n) is 5.65. The first-order valence-corrected chi connectivity index (χ1v) is 9.24. The van der Waals surface area contributed by atoms with Crippen LogP contribution < -0.4 is 5.56 Å². The van der Waals surface area contributed by atoms with Crippen molar-refractivity contribution in [1.82, 2.24) is 9.97 Å². The molecule has 3 aromatic rings. The Labute approximate surface area is 122 Å². The Kier molecular flexibility index (Phi) is 3.03. The Morgan fingerprint density at radius 2 is 2.10 bits per heavy atom. The fourth-order valence-corrected chi connectivity index (χ4v) is 4.52. The number of nitrogens with one attached hydrogen (secondary N) is 1. The minimum Gasteiger partial charge on any atom is -0.297 e. The van der Waals surface area contributed by atoms with Crippen molar-refractivity contribution in [3.8, 4) is 10.4 Å². The maximum atomic E-state index is 12.2. The van der Waals surface area contributed by atoms with E-state index < -0.39 is 15.4 Å². The monoisotopic (exact) mass is 326 g/mol. The second-order valence-electron chi connectivity index (χ2n) is 4.33. The molecule has 0 unspecified atom stereocenters. The highest BCUT2D eigenvalue weighted by Crippen LogP contribution is 2.37. The third-order valence-electron chi connectivity index (χ3n) is 2.84. The third kappa shape index (κ3) is 2.09. The fourth-order valence-electron chi connectivity index (χ4n) is 1.99. The number of hydrogen-bond acceptors (Lipinski definition) is 6. The molecule has 1 N–H and O–H groups in total. The van der Waals surface area contributed by atoms with Gasteiger partial charge in [0.25, 0.3) is 5.56 Å². The predicted molar refractivity (Wildman–Crippen MR) is 81.4 cm³/mol. The molecule has 8 heteroatoms. The number of aromatic nitrogens is 2. The number of rotatable bonds is 2. The Morgan fingerprint density at radius 1 is 1.35 bits per heavy atom. The Morgan fingerprint density at radius 3 is 2.70 bits per heavy atom. The van der Waals surface area contributed by atoms with Gasteiger partial charge in [-0.3, -0.25) is 9.78 Å². The second kappa shape index (κ2) is 4.51. The topological polar surface area (TPSA) is 79.9 Å². The molecule has 0 atom stereocenters. The van der Waals surface area contributed by atoms with Crippen LogP contribution in [0, 0.1) is 6.92 Å². The molecule has 3 heterocycles. The number of thiophene rings is 2. The molecule has 0 fully saturated rings. The van der Waals surface area contributed by atoms with Crippen LogP contribution in [0.15, 0.2) is 27.5 Å². The number of fused-ring (bicyclic) bond motifs is 1. The van der Waals surface area contributed by atoms with Crippen LogP contribution in [0.1, 0.15) is 4.88 Å². The van der Waals surface area contributed by atoms with E-state index in [-0.39, 0.29) is 5.16 Å². The molecule has 0 saturated heterocycles. The lowest BCUT2D eigenvalue weighted by atomic mass is 10.1. The quantitative estimate of drug-likeness (QED) is 0.734. The van der Waals surface area contributed by atoms with Crippen LogP contribution in [0.2, 0.25) is 0 Å². The fraction of sp³-hybridized carbons (Fsp3) is 0.167. The van der Waals surface area contributed by atoms with Crippen molar-refractivity contribution in [1.29, 1.82) is 0 Å². The molecule has 3 aromatic heterocycles. The van der Waals surface area contributed by atoms with Crippen LogP contribution in [0.4, 0.5) is 0 Å². The van der Waals surface area contributed by atoms with Crippen LogP contribution >= 0.6 is 22.7 Å². The Bertz CT molecular complexity index is 950. The summed E-state index contributed by atoms with van der Waals surface area (Å²) in [5.74, 6) is 0. The minimum absolute atomic E-state index is 0.283. The van der Waals surface area contributed by atoms with Gasteiger partial charge in [-0.2, -0.15) is 0 Å². The number of nitrogens with zero attached hydrogens (tertiary/aromatic N) is 1. The zero-order valence-corrected chi connectivity index (χ0v) is 13.1. The highest BCUT2D eigenvalue weighted by atomic mass is 32.2. The van der Waals surface area contributed by atoms with E-state index in [0.717, 1.165) is 21.6 Å². The highest BCUT2D eigenvalue weighted by molar-refractivity contribution is 7.90. The third-order valence-corrected chi connectivity index (χ3v) is 5.62. The van der Waals surface area contributed by atoms with Gasteiger partial charge >= 0.3 is 0 Å². The normalized spacial score (nSPS) is 12.1. The number of aryl methyl sites for hydroxylation is 1. The first kappa shape index (κ1) is 13.5. The zero-order chi connectivity index (χ0) is 14.5. The molecule has 0 aliphatic carbocycles. The van der Waals surface area contributed by atoms with Crippen molar-refractivity contribution in [2.75, 3.05) is 6.26 Å². The summed E-state index contributed by atoms with van der Waals surface area (Å²) in [4.78, 5) is 21.1. The molecule has 0 aliphatic heterocycles. The van der Waals surface area contributed by atoms with E-state index in [4.69, 9.17) is 0 Å². The summed E-state index contributed by atoms with van der Waals surface area (Å²) < 4.78 is 23.0. The lowest BCUT2D eigenvalue weighted by molar-refractivity contribution is 0.593. The number of sulfone groups is 1. The van der Waals surface area contributed by atoms with Gasteiger partial charge in [0, 0.05) is 21.6 Å². The SMILES string of the molecule is Cc1sc2nc(S(C)(=O)=O)[nH]c(=O)c2c1-c1cccs1. The van der Waals surface area contributed by atoms with Gasteiger partial charge in [0.15, 0.2) is 0 Å². The molecule has 0 spiro atoms. The van der Waals surface area contributed by atoms with Gasteiger partial charge < -0.3 is 0 Å². The van der Waals surface area contributed by atoms with Crippen molar-refractivity contribution in [2.24, 2.45) is 0 Å². The molecule has 0 bridgehead atoms. The van der Waals surface area contributed by atoms with Crippen LogP contribution in [-0.2, 0) is 9.84 Å². The summed E-state index contributed by atoms with van der Waals surface area (Å²) in [6, 6.07) is 3.85. The van der Waals surface area contributed by atoms with Gasteiger partial charge in [-0.15, -0.1) is 22.7 Å². The molecule has 0 aromatic carbocycles. The standard InChI is InChI=1S/C12H10N2O3S3/c1-6-8(7-4-3-5-18-7)9-10(15)13-12(20(2,16)17)14-11(9)19-6/h3-5H,1-2H3,(H,13,14,15). The molecule has 0 aliphatic rings. The molecule has 0 radical (unpaired) electrons. The molecular formula is C12H10N2O3S3. The van der Waals surface area contributed by atoms with Gasteiger partial charge in [0.2, 0.25) is 15.0 Å². The van der Waals surface area contributed by atoms with Gasteiger partial charge in [-0.1, -0.05) is 6.07 Å². The summed E-state index contributed by atoms with van der Waals surface area (Å²) in [5, 5.41) is 2.11. The van der Waals surface area contributed by atoms with E-state index in [1.165, 1.54) is 22.7 Å². The molecular weight excluding hydrogens is 316 g/mol. The summed E-state index contributed by atoms with van der Waals surface area (Å²) >= 11 is 2.87. The van der Waals surface area contributed by atoms with E-state index in [1.807, 2.05) is 24.4 Å². The van der Waals surface area contributed by atoms with Crippen LogP contribution in [-0.4, -0.2) is 24.6 Å². The van der Waals surface area contributed by atoms with E-state index >= 15 is 0 Å². The largest absolute Gasteiger partial charge is 0.297 e. The zero-order valence-electron chi connectivity index (χ0n) is 10.6. The predicted octanol–water partition coefficient (Wildman–Crippen LogP) is 2.43. The average molecular weight is 326 g/mol. The maximum absolute atomic E-state index is 12.2. The highest BCUT2D eigenvalue weighted by Gasteiger charge is 2.19. The molecule has 0 amide bonds. The molecule has 104 valence electrons. The van der Waals surface area contributed by atoms with Gasteiger partial charge in [-0.25, -0.2) is 13.4 Å². The van der Waals surface area contributed by atoms with Gasteiger partial charge in [0.1, 0.15) is 4.83 Å². The molecule has 0 saturated carbocycles. The lowest BCUT2D eigenvalue weighted by Gasteiger charge is -1.99. The van der Waals surface area contributed by atoms with Crippen molar-refractivity contribution >= 4 is 42.7 Å². The molecule has 5 nitrogen and oxygen atoms in total. The van der Waals surface area contributed by atoms with Crippen LogP contribution in [0.3, 0.4) is 0 Å². The number of H-pyrrole nitrogens is 1. The van der Waals surface area contributed by atoms with Crippen LogP contribution in [0.25, 0.3) is 20.7 Å². The smallest absolute Gasteiger partial charge is 0.261 e.